The van der Waals surface area contributed by atoms with Crippen molar-refractivity contribution in [1.29, 1.82) is 0 Å². The average Bonchev–Trinajstić information content (AvgIpc) is 2.43. The number of nitrogens with one attached hydrogen (secondary N) is 2. The van der Waals surface area contributed by atoms with E-state index < -0.39 is 0 Å². The third-order valence-corrected chi connectivity index (χ3v) is 3.76. The number of carbonyl (C=O) groups is 2. The normalized spacial score (nSPS) is 16.1. The molecular formula is C14H27N3O2. The van der Waals surface area contributed by atoms with E-state index in [4.69, 9.17) is 0 Å². The van der Waals surface area contributed by atoms with E-state index in [0.717, 1.165) is 19.4 Å². The van der Waals surface area contributed by atoms with Crippen molar-refractivity contribution in [1.82, 2.24) is 15.5 Å². The lowest BCUT2D eigenvalue weighted by atomic mass is 9.87. The van der Waals surface area contributed by atoms with Gasteiger partial charge < -0.3 is 15.5 Å². The van der Waals surface area contributed by atoms with Crippen LogP contribution in [0.25, 0.3) is 0 Å². The molecule has 0 aromatic carbocycles. The van der Waals surface area contributed by atoms with Crippen LogP contribution in [0.5, 0.6) is 0 Å². The topological polar surface area (TPSA) is 61.4 Å². The van der Waals surface area contributed by atoms with Crippen LogP contribution in [0.1, 0.15) is 38.5 Å². The summed E-state index contributed by atoms with van der Waals surface area (Å²) in [6.07, 6.45) is 6.67. The molecule has 2 N–H and O–H groups in total. The predicted octanol–water partition coefficient (Wildman–Crippen LogP) is 0.751. The first-order chi connectivity index (χ1) is 9.13. The van der Waals surface area contributed by atoms with Crippen molar-refractivity contribution in [3.8, 4) is 0 Å². The van der Waals surface area contributed by atoms with E-state index in [-0.39, 0.29) is 18.4 Å². The number of likely N-dealkylation sites (N-methyl/N-ethyl adjacent to an activating group) is 2. The van der Waals surface area contributed by atoms with Crippen molar-refractivity contribution in [2.45, 2.75) is 38.5 Å². The van der Waals surface area contributed by atoms with Gasteiger partial charge in [-0.2, -0.15) is 0 Å². The summed E-state index contributed by atoms with van der Waals surface area (Å²) < 4.78 is 0. The second-order valence-corrected chi connectivity index (χ2v) is 5.40. The molecule has 110 valence electrons. The van der Waals surface area contributed by atoms with Gasteiger partial charge >= 0.3 is 0 Å². The van der Waals surface area contributed by atoms with Gasteiger partial charge in [0.05, 0.1) is 6.54 Å². The lowest BCUT2D eigenvalue weighted by molar-refractivity contribution is -0.132. The molecule has 0 heterocycles. The first kappa shape index (κ1) is 16.0. The second kappa shape index (κ2) is 8.91. The molecule has 5 nitrogen and oxygen atoms in total. The van der Waals surface area contributed by atoms with Crippen LogP contribution < -0.4 is 10.6 Å². The minimum absolute atomic E-state index is 0.0160. The Bertz CT molecular complexity index is 288. The molecule has 1 saturated carbocycles. The highest BCUT2D eigenvalue weighted by atomic mass is 16.2. The summed E-state index contributed by atoms with van der Waals surface area (Å²) in [5, 5.41) is 5.73. The van der Waals surface area contributed by atoms with Gasteiger partial charge in [-0.05, 0) is 25.8 Å². The van der Waals surface area contributed by atoms with E-state index in [9.17, 15) is 9.59 Å². The summed E-state index contributed by atoms with van der Waals surface area (Å²) >= 11 is 0. The summed E-state index contributed by atoms with van der Waals surface area (Å²) in [4.78, 5) is 25.1. The van der Waals surface area contributed by atoms with E-state index in [2.05, 4.69) is 10.6 Å². The van der Waals surface area contributed by atoms with Gasteiger partial charge in [-0.25, -0.2) is 0 Å². The van der Waals surface area contributed by atoms with E-state index in [1.54, 1.807) is 11.9 Å². The fourth-order valence-corrected chi connectivity index (χ4v) is 2.44. The van der Waals surface area contributed by atoms with Gasteiger partial charge in [0, 0.05) is 26.6 Å². The SMILES string of the molecule is CNCCN(C)C(=O)CNC(=O)CC1CCCCC1. The lowest BCUT2D eigenvalue weighted by Crippen LogP contribution is -2.40. The Hall–Kier alpha value is -1.10. The summed E-state index contributed by atoms with van der Waals surface area (Å²) in [6, 6.07) is 0. The zero-order valence-electron chi connectivity index (χ0n) is 12.2. The molecule has 0 unspecified atom stereocenters. The lowest BCUT2D eigenvalue weighted by Gasteiger charge is -2.21. The highest BCUT2D eigenvalue weighted by Gasteiger charge is 2.17. The molecule has 5 heteroatoms. The van der Waals surface area contributed by atoms with Gasteiger partial charge in [-0.15, -0.1) is 0 Å². The quantitative estimate of drug-likeness (QED) is 0.717. The zero-order chi connectivity index (χ0) is 14.1. The highest BCUT2D eigenvalue weighted by molar-refractivity contribution is 5.84. The fraction of sp³-hybridized carbons (Fsp3) is 0.857. The zero-order valence-corrected chi connectivity index (χ0v) is 12.2. The minimum Gasteiger partial charge on any atom is -0.347 e. The molecule has 0 bridgehead atoms. The Morgan fingerprint density at radius 1 is 1.21 bits per heavy atom. The maximum Gasteiger partial charge on any atom is 0.241 e. The monoisotopic (exact) mass is 269 g/mol. The molecule has 0 atom stereocenters. The second-order valence-electron chi connectivity index (χ2n) is 5.40. The summed E-state index contributed by atoms with van der Waals surface area (Å²) in [5.74, 6) is 0.500. The first-order valence-electron chi connectivity index (χ1n) is 7.28. The number of hydrogen-bond acceptors (Lipinski definition) is 3. The van der Waals surface area contributed by atoms with Gasteiger partial charge in [-0.3, -0.25) is 9.59 Å². The Morgan fingerprint density at radius 2 is 1.89 bits per heavy atom. The minimum atomic E-state index is -0.0350. The molecule has 0 saturated heterocycles. The largest absolute Gasteiger partial charge is 0.347 e. The molecule has 19 heavy (non-hydrogen) atoms. The summed E-state index contributed by atoms with van der Waals surface area (Å²) in [7, 11) is 3.61. The van der Waals surface area contributed by atoms with Gasteiger partial charge in [0.25, 0.3) is 0 Å². The highest BCUT2D eigenvalue weighted by Crippen LogP contribution is 2.25. The predicted molar refractivity (Wildman–Crippen MR) is 75.8 cm³/mol. The molecule has 1 rings (SSSR count). The molecule has 1 aliphatic rings. The van der Waals surface area contributed by atoms with Gasteiger partial charge in [0.1, 0.15) is 0 Å². The molecule has 0 aromatic heterocycles. The number of rotatable bonds is 7. The van der Waals surface area contributed by atoms with Crippen molar-refractivity contribution < 1.29 is 9.59 Å². The maximum absolute atomic E-state index is 11.8. The Kier molecular flexibility index (Phi) is 7.48. The van der Waals surface area contributed by atoms with E-state index in [1.807, 2.05) is 7.05 Å². The van der Waals surface area contributed by atoms with Crippen molar-refractivity contribution in [3.63, 3.8) is 0 Å². The Labute approximate surface area is 116 Å². The number of hydrogen-bond donors (Lipinski definition) is 2. The van der Waals surface area contributed by atoms with Gasteiger partial charge in [0.2, 0.25) is 11.8 Å². The summed E-state index contributed by atoms with van der Waals surface area (Å²) in [5.41, 5.74) is 0. The van der Waals surface area contributed by atoms with Crippen molar-refractivity contribution >= 4 is 11.8 Å². The van der Waals surface area contributed by atoms with Crippen molar-refractivity contribution in [3.05, 3.63) is 0 Å². The van der Waals surface area contributed by atoms with Crippen LogP contribution in [0.2, 0.25) is 0 Å². The van der Waals surface area contributed by atoms with Crippen LogP contribution in [0.15, 0.2) is 0 Å². The van der Waals surface area contributed by atoms with Crippen LogP contribution in [0, 0.1) is 5.92 Å². The number of amides is 2. The van der Waals surface area contributed by atoms with Crippen LogP contribution in [-0.2, 0) is 9.59 Å². The molecule has 1 aliphatic carbocycles. The molecule has 0 radical (unpaired) electrons. The third kappa shape index (κ3) is 6.57. The molecular weight excluding hydrogens is 242 g/mol. The smallest absolute Gasteiger partial charge is 0.241 e. The molecule has 0 aliphatic heterocycles. The standard InChI is InChI=1S/C14H27N3O2/c1-15-8-9-17(2)14(19)11-16-13(18)10-12-6-4-3-5-7-12/h12,15H,3-11H2,1-2H3,(H,16,18). The van der Waals surface area contributed by atoms with Gasteiger partial charge in [0.15, 0.2) is 0 Å². The number of nitrogens with zero attached hydrogens (tertiary/aromatic N) is 1. The van der Waals surface area contributed by atoms with Crippen molar-refractivity contribution in [2.75, 3.05) is 33.7 Å². The average molecular weight is 269 g/mol. The molecule has 2 amide bonds. The third-order valence-electron chi connectivity index (χ3n) is 3.76. The Morgan fingerprint density at radius 3 is 2.53 bits per heavy atom. The van der Waals surface area contributed by atoms with E-state index in [1.165, 1.54) is 19.3 Å². The molecule has 1 fully saturated rings. The fourth-order valence-electron chi connectivity index (χ4n) is 2.44. The Balaban J connectivity index is 2.16. The first-order valence-corrected chi connectivity index (χ1v) is 7.28. The maximum atomic E-state index is 11.8. The molecule has 0 aromatic rings. The van der Waals surface area contributed by atoms with Crippen LogP contribution in [0.3, 0.4) is 0 Å². The van der Waals surface area contributed by atoms with Crippen LogP contribution >= 0.6 is 0 Å². The van der Waals surface area contributed by atoms with E-state index in [0.29, 0.717) is 18.9 Å². The van der Waals surface area contributed by atoms with Crippen LogP contribution in [-0.4, -0.2) is 50.4 Å². The van der Waals surface area contributed by atoms with Gasteiger partial charge in [-0.1, -0.05) is 19.3 Å². The number of carbonyl (C=O) groups excluding carboxylic acids is 2. The van der Waals surface area contributed by atoms with Crippen LogP contribution in [0.4, 0.5) is 0 Å². The molecule has 0 spiro atoms. The summed E-state index contributed by atoms with van der Waals surface area (Å²) in [6.45, 7) is 1.54. The van der Waals surface area contributed by atoms with E-state index >= 15 is 0 Å². The van der Waals surface area contributed by atoms with Crippen molar-refractivity contribution in [2.24, 2.45) is 5.92 Å².